The van der Waals surface area contributed by atoms with Crippen molar-refractivity contribution >= 4 is 21.6 Å². The highest BCUT2D eigenvalue weighted by Gasteiger charge is 2.30. The van der Waals surface area contributed by atoms with Crippen LogP contribution in [-0.4, -0.2) is 20.1 Å². The zero-order chi connectivity index (χ0) is 14.5. The average Bonchev–Trinajstić information content (AvgIpc) is 2.33. The van der Waals surface area contributed by atoms with Crippen LogP contribution >= 0.6 is 15.9 Å². The minimum atomic E-state index is -4.30. The second kappa shape index (κ2) is 7.14. The Morgan fingerprint density at radius 3 is 2.42 bits per heavy atom. The van der Waals surface area contributed by atoms with E-state index in [0.29, 0.717) is 11.0 Å². The van der Waals surface area contributed by atoms with Crippen molar-refractivity contribution in [1.82, 2.24) is 0 Å². The van der Waals surface area contributed by atoms with E-state index in [-0.39, 0.29) is 0 Å². The number of nitrogens with zero attached hydrogens (tertiary/aromatic N) is 1. The van der Waals surface area contributed by atoms with Gasteiger partial charge in [-0.15, -0.1) is 0 Å². The van der Waals surface area contributed by atoms with Crippen LogP contribution in [0.15, 0.2) is 22.7 Å². The van der Waals surface area contributed by atoms with Crippen molar-refractivity contribution in [3.63, 3.8) is 0 Å². The van der Waals surface area contributed by atoms with Crippen molar-refractivity contribution in [3.8, 4) is 0 Å². The van der Waals surface area contributed by atoms with Gasteiger partial charge in [0.25, 0.3) is 0 Å². The van der Waals surface area contributed by atoms with Crippen LogP contribution in [-0.2, 0) is 6.18 Å². The molecule has 0 bridgehead atoms. The quantitative estimate of drug-likeness (QED) is 0.793. The first-order valence-corrected chi connectivity index (χ1v) is 6.93. The summed E-state index contributed by atoms with van der Waals surface area (Å²) in [5, 5.41) is 0. The summed E-state index contributed by atoms with van der Waals surface area (Å²) in [4.78, 5) is 1.95. The Kier molecular flexibility index (Phi) is 6.13. The predicted molar refractivity (Wildman–Crippen MR) is 75.3 cm³/mol. The smallest absolute Gasteiger partial charge is 0.374 e. The largest absolute Gasteiger partial charge is 0.416 e. The summed E-state index contributed by atoms with van der Waals surface area (Å²) in [5.74, 6) is 0. The Balaban J connectivity index is 2.68. The molecule has 0 saturated carbocycles. The van der Waals surface area contributed by atoms with Gasteiger partial charge >= 0.3 is 6.18 Å². The van der Waals surface area contributed by atoms with Gasteiger partial charge in [-0.3, -0.25) is 0 Å². The second-order valence-electron chi connectivity index (χ2n) is 4.43. The summed E-state index contributed by atoms with van der Waals surface area (Å²) in [5.41, 5.74) is 5.54. The zero-order valence-electron chi connectivity index (χ0n) is 10.8. The Bertz CT molecular complexity index is 407. The van der Waals surface area contributed by atoms with Crippen LogP contribution in [0.3, 0.4) is 0 Å². The maximum absolute atomic E-state index is 12.5. The Morgan fingerprint density at radius 1 is 1.21 bits per heavy atom. The highest BCUT2D eigenvalue weighted by Crippen LogP contribution is 2.35. The fourth-order valence-electron chi connectivity index (χ4n) is 1.78. The van der Waals surface area contributed by atoms with E-state index in [2.05, 4.69) is 15.9 Å². The molecule has 0 fully saturated rings. The molecule has 2 N–H and O–H groups in total. The van der Waals surface area contributed by atoms with Crippen molar-refractivity contribution in [2.24, 2.45) is 5.73 Å². The van der Waals surface area contributed by atoms with Crippen molar-refractivity contribution < 1.29 is 13.2 Å². The van der Waals surface area contributed by atoms with Crippen molar-refractivity contribution in [1.29, 1.82) is 0 Å². The number of nitrogens with two attached hydrogens (primary N) is 1. The molecule has 0 unspecified atom stereocenters. The summed E-state index contributed by atoms with van der Waals surface area (Å²) >= 11 is 3.20. The van der Waals surface area contributed by atoms with Crippen LogP contribution in [0.1, 0.15) is 24.8 Å². The topological polar surface area (TPSA) is 29.3 Å². The Hall–Kier alpha value is -0.750. The van der Waals surface area contributed by atoms with Crippen LogP contribution in [0.2, 0.25) is 0 Å². The SMILES string of the molecule is CN(CCCCCN)c1ccc(C(F)(F)F)cc1Br. The third-order valence-electron chi connectivity index (χ3n) is 2.88. The summed E-state index contributed by atoms with van der Waals surface area (Å²) in [6.45, 7) is 1.47. The van der Waals surface area contributed by atoms with Gasteiger partial charge in [0.05, 0.1) is 11.3 Å². The zero-order valence-corrected chi connectivity index (χ0v) is 12.4. The van der Waals surface area contributed by atoms with E-state index in [4.69, 9.17) is 5.73 Å². The summed E-state index contributed by atoms with van der Waals surface area (Å²) in [6.07, 6.45) is -1.33. The molecular formula is C13H18BrF3N2. The summed E-state index contributed by atoms with van der Waals surface area (Å²) < 4.78 is 38.1. The molecule has 0 heterocycles. The minimum Gasteiger partial charge on any atom is -0.374 e. The van der Waals surface area contributed by atoms with Gasteiger partial charge in [-0.05, 0) is 53.5 Å². The lowest BCUT2D eigenvalue weighted by Crippen LogP contribution is -2.19. The van der Waals surface area contributed by atoms with E-state index in [9.17, 15) is 13.2 Å². The Morgan fingerprint density at radius 2 is 1.89 bits per heavy atom. The molecular weight excluding hydrogens is 321 g/mol. The molecule has 0 aliphatic heterocycles. The molecule has 2 nitrogen and oxygen atoms in total. The molecule has 1 aromatic rings. The van der Waals surface area contributed by atoms with Gasteiger partial charge in [0, 0.05) is 18.1 Å². The fourth-order valence-corrected chi connectivity index (χ4v) is 2.46. The lowest BCUT2D eigenvalue weighted by atomic mass is 10.1. The maximum atomic E-state index is 12.5. The van der Waals surface area contributed by atoms with E-state index >= 15 is 0 Å². The van der Waals surface area contributed by atoms with Gasteiger partial charge in [0.1, 0.15) is 0 Å². The Labute approximate surface area is 119 Å². The fraction of sp³-hybridized carbons (Fsp3) is 0.538. The molecule has 0 aromatic heterocycles. The first kappa shape index (κ1) is 16.3. The highest BCUT2D eigenvalue weighted by molar-refractivity contribution is 9.10. The van der Waals surface area contributed by atoms with Crippen LogP contribution in [0, 0.1) is 0 Å². The number of hydrogen-bond acceptors (Lipinski definition) is 2. The monoisotopic (exact) mass is 338 g/mol. The van der Waals surface area contributed by atoms with E-state index < -0.39 is 11.7 Å². The molecule has 1 rings (SSSR count). The third kappa shape index (κ3) is 5.03. The molecule has 19 heavy (non-hydrogen) atoms. The minimum absolute atomic E-state index is 0.462. The van der Waals surface area contributed by atoms with Crippen molar-refractivity contribution in [2.45, 2.75) is 25.4 Å². The first-order chi connectivity index (χ1) is 8.86. The third-order valence-corrected chi connectivity index (χ3v) is 3.52. The molecule has 6 heteroatoms. The first-order valence-electron chi connectivity index (χ1n) is 6.14. The number of benzene rings is 1. The molecule has 0 aliphatic rings. The molecule has 0 radical (unpaired) electrons. The maximum Gasteiger partial charge on any atom is 0.416 e. The number of halogens is 4. The second-order valence-corrected chi connectivity index (χ2v) is 5.29. The highest BCUT2D eigenvalue weighted by atomic mass is 79.9. The van der Waals surface area contributed by atoms with Gasteiger partial charge < -0.3 is 10.6 Å². The van der Waals surface area contributed by atoms with Crippen LogP contribution in [0.4, 0.5) is 18.9 Å². The van der Waals surface area contributed by atoms with Gasteiger partial charge in [0.2, 0.25) is 0 Å². The lowest BCUT2D eigenvalue weighted by Gasteiger charge is -2.21. The molecule has 108 valence electrons. The van der Waals surface area contributed by atoms with Crippen LogP contribution in [0.25, 0.3) is 0 Å². The number of unbranched alkanes of at least 4 members (excludes halogenated alkanes) is 2. The number of anilines is 1. The van der Waals surface area contributed by atoms with E-state index in [1.165, 1.54) is 6.07 Å². The normalized spacial score (nSPS) is 11.7. The van der Waals surface area contributed by atoms with Crippen LogP contribution in [0.5, 0.6) is 0 Å². The average molecular weight is 339 g/mol. The van der Waals surface area contributed by atoms with Crippen molar-refractivity contribution in [3.05, 3.63) is 28.2 Å². The molecule has 0 spiro atoms. The van der Waals surface area contributed by atoms with Gasteiger partial charge in [-0.25, -0.2) is 0 Å². The number of rotatable bonds is 6. The summed E-state index contributed by atoms with van der Waals surface area (Å²) in [7, 11) is 1.87. The number of alkyl halides is 3. The standard InChI is InChI=1S/C13H18BrF3N2/c1-19(8-4-2-3-7-18)12-6-5-10(9-11(12)14)13(15,16)17/h5-6,9H,2-4,7-8,18H2,1H3. The molecule has 0 aliphatic carbocycles. The van der Waals surface area contributed by atoms with E-state index in [0.717, 1.165) is 43.6 Å². The molecule has 0 atom stereocenters. The number of hydrogen-bond donors (Lipinski definition) is 1. The molecule has 0 saturated heterocycles. The van der Waals surface area contributed by atoms with Gasteiger partial charge in [-0.1, -0.05) is 6.42 Å². The van der Waals surface area contributed by atoms with Crippen molar-refractivity contribution in [2.75, 3.05) is 25.0 Å². The summed E-state index contributed by atoms with van der Waals surface area (Å²) in [6, 6.07) is 3.72. The van der Waals surface area contributed by atoms with Crippen LogP contribution < -0.4 is 10.6 Å². The predicted octanol–water partition coefficient (Wildman–Crippen LogP) is 4.03. The van der Waals surface area contributed by atoms with Gasteiger partial charge in [0.15, 0.2) is 0 Å². The molecule has 0 amide bonds. The van der Waals surface area contributed by atoms with E-state index in [1.54, 1.807) is 0 Å². The van der Waals surface area contributed by atoms with E-state index in [1.807, 2.05) is 11.9 Å². The lowest BCUT2D eigenvalue weighted by molar-refractivity contribution is -0.137. The van der Waals surface area contributed by atoms with Gasteiger partial charge in [-0.2, -0.15) is 13.2 Å². The molecule has 1 aromatic carbocycles.